The van der Waals surface area contributed by atoms with Crippen molar-refractivity contribution < 1.29 is 9.53 Å². The molecule has 0 saturated carbocycles. The summed E-state index contributed by atoms with van der Waals surface area (Å²) in [5.41, 5.74) is 6.06. The van der Waals surface area contributed by atoms with Gasteiger partial charge in [-0.25, -0.2) is 0 Å². The second-order valence-corrected chi connectivity index (χ2v) is 9.66. The highest BCUT2D eigenvalue weighted by Crippen LogP contribution is 2.27. The summed E-state index contributed by atoms with van der Waals surface area (Å²) in [5, 5.41) is 10.8. The number of aromatic nitrogens is 2. The van der Waals surface area contributed by atoms with Crippen LogP contribution in [-0.4, -0.2) is 53.8 Å². The molecular formula is C28H35N5O2. The van der Waals surface area contributed by atoms with Crippen molar-refractivity contribution in [1.82, 2.24) is 15.1 Å². The second-order valence-electron chi connectivity index (χ2n) is 9.66. The van der Waals surface area contributed by atoms with Gasteiger partial charge in [-0.05, 0) is 87.5 Å². The van der Waals surface area contributed by atoms with Crippen LogP contribution in [0.4, 0.5) is 11.4 Å². The molecular weight excluding hydrogens is 438 g/mol. The Hall–Kier alpha value is -3.32. The van der Waals surface area contributed by atoms with Crippen molar-refractivity contribution in [3.63, 3.8) is 0 Å². The molecule has 1 amide bonds. The van der Waals surface area contributed by atoms with Crippen LogP contribution in [0.3, 0.4) is 0 Å². The predicted octanol–water partition coefficient (Wildman–Crippen LogP) is 4.41. The number of benzene rings is 2. The highest BCUT2D eigenvalue weighted by atomic mass is 16.5. The molecule has 7 heteroatoms. The molecule has 0 bridgehead atoms. The molecule has 0 spiro atoms. The summed E-state index contributed by atoms with van der Waals surface area (Å²) in [7, 11) is 2.24. The molecule has 3 aromatic rings. The topological polar surface area (TPSA) is 73.5 Å². The van der Waals surface area contributed by atoms with Gasteiger partial charge < -0.3 is 15.0 Å². The molecule has 2 N–H and O–H groups in total. The number of amides is 1. The van der Waals surface area contributed by atoms with Crippen LogP contribution >= 0.6 is 0 Å². The summed E-state index contributed by atoms with van der Waals surface area (Å²) in [5.74, 6) is 0.527. The van der Waals surface area contributed by atoms with Gasteiger partial charge in [0.05, 0.1) is 5.69 Å². The van der Waals surface area contributed by atoms with Crippen LogP contribution in [0.5, 0.6) is 5.75 Å². The smallest absolute Gasteiger partial charge is 0.262 e. The Morgan fingerprint density at radius 2 is 1.83 bits per heavy atom. The Labute approximate surface area is 207 Å². The van der Waals surface area contributed by atoms with Gasteiger partial charge in [-0.3, -0.25) is 14.8 Å². The van der Waals surface area contributed by atoms with E-state index in [2.05, 4.69) is 44.5 Å². The van der Waals surface area contributed by atoms with Gasteiger partial charge in [-0.1, -0.05) is 18.2 Å². The third-order valence-electron chi connectivity index (χ3n) is 7.26. The van der Waals surface area contributed by atoms with Gasteiger partial charge in [0.2, 0.25) is 0 Å². The zero-order valence-electron chi connectivity index (χ0n) is 20.5. The maximum absolute atomic E-state index is 12.2. The first-order chi connectivity index (χ1) is 17.2. The maximum atomic E-state index is 12.2. The number of H-pyrrole nitrogens is 1. The molecule has 1 aliphatic heterocycles. The van der Waals surface area contributed by atoms with E-state index in [1.807, 2.05) is 42.5 Å². The van der Waals surface area contributed by atoms with Crippen molar-refractivity contribution in [3.8, 4) is 5.75 Å². The Bertz CT molecular complexity index is 1100. The normalized spacial score (nSPS) is 16.2. The third kappa shape index (κ3) is 5.85. The molecule has 2 aromatic carbocycles. The van der Waals surface area contributed by atoms with Gasteiger partial charge in [0, 0.05) is 42.7 Å². The number of aryl methyl sites for hydroxylation is 1. The highest BCUT2D eigenvalue weighted by Gasteiger charge is 2.25. The first-order valence-corrected chi connectivity index (χ1v) is 12.7. The monoisotopic (exact) mass is 473 g/mol. The first kappa shape index (κ1) is 23.4. The number of hydrogen-bond acceptors (Lipinski definition) is 5. The molecule has 7 nitrogen and oxygen atoms in total. The SMILES string of the molecule is CN(Cc1n[nH]c2c1CCCC2)C1CCN(c2ccc(NC(=O)COc3ccccc3)cc2)CC1. The van der Waals surface area contributed by atoms with E-state index in [0.717, 1.165) is 44.6 Å². The number of carbonyl (C=O) groups is 1. The van der Waals surface area contributed by atoms with E-state index in [1.165, 1.54) is 41.9 Å². The number of nitrogens with one attached hydrogen (secondary N) is 2. The molecule has 5 rings (SSSR count). The summed E-state index contributed by atoms with van der Waals surface area (Å²) in [6.45, 7) is 2.99. The van der Waals surface area contributed by atoms with Crippen LogP contribution in [0.1, 0.15) is 42.6 Å². The van der Waals surface area contributed by atoms with E-state index in [-0.39, 0.29) is 12.5 Å². The zero-order chi connectivity index (χ0) is 24.0. The third-order valence-corrected chi connectivity index (χ3v) is 7.26. The minimum Gasteiger partial charge on any atom is -0.484 e. The van der Waals surface area contributed by atoms with Gasteiger partial charge in [0.1, 0.15) is 5.75 Å². The average Bonchev–Trinajstić information content (AvgIpc) is 3.31. The molecule has 35 heavy (non-hydrogen) atoms. The van der Waals surface area contributed by atoms with E-state index in [4.69, 9.17) is 4.74 Å². The van der Waals surface area contributed by atoms with Crippen molar-refractivity contribution in [2.45, 2.75) is 51.1 Å². The van der Waals surface area contributed by atoms with Crippen LogP contribution in [-0.2, 0) is 24.2 Å². The lowest BCUT2D eigenvalue weighted by Crippen LogP contribution is -2.43. The lowest BCUT2D eigenvalue weighted by atomic mass is 9.95. The summed E-state index contributed by atoms with van der Waals surface area (Å²) in [6, 6.07) is 18.1. The second kappa shape index (κ2) is 11.0. The number of aromatic amines is 1. The van der Waals surface area contributed by atoms with Crippen molar-refractivity contribution >= 4 is 17.3 Å². The molecule has 0 unspecified atom stereocenters. The number of rotatable bonds is 8. The fraction of sp³-hybridized carbons (Fsp3) is 0.429. The molecule has 184 valence electrons. The fourth-order valence-corrected chi connectivity index (χ4v) is 5.23. The largest absolute Gasteiger partial charge is 0.484 e. The average molecular weight is 474 g/mol. The summed E-state index contributed by atoms with van der Waals surface area (Å²) in [6.07, 6.45) is 7.15. The number of piperidine rings is 1. The number of fused-ring (bicyclic) bond motifs is 1. The van der Waals surface area contributed by atoms with Gasteiger partial charge in [-0.15, -0.1) is 0 Å². The van der Waals surface area contributed by atoms with Gasteiger partial charge >= 0.3 is 0 Å². The Balaban J connectivity index is 1.08. The van der Waals surface area contributed by atoms with E-state index < -0.39 is 0 Å². The molecule has 2 heterocycles. The van der Waals surface area contributed by atoms with Crippen molar-refractivity contribution in [2.75, 3.05) is 37.0 Å². The van der Waals surface area contributed by atoms with E-state index >= 15 is 0 Å². The number of para-hydroxylation sites is 1. The summed E-state index contributed by atoms with van der Waals surface area (Å²) >= 11 is 0. The molecule has 0 atom stereocenters. The quantitative estimate of drug-likeness (QED) is 0.507. The number of hydrogen-bond donors (Lipinski definition) is 2. The summed E-state index contributed by atoms with van der Waals surface area (Å²) in [4.78, 5) is 17.1. The molecule has 1 saturated heterocycles. The Kier molecular flexibility index (Phi) is 7.33. The highest BCUT2D eigenvalue weighted by molar-refractivity contribution is 5.92. The van der Waals surface area contributed by atoms with E-state index in [1.54, 1.807) is 0 Å². The van der Waals surface area contributed by atoms with Crippen molar-refractivity contribution in [3.05, 3.63) is 71.5 Å². The van der Waals surface area contributed by atoms with Gasteiger partial charge in [-0.2, -0.15) is 5.10 Å². The molecule has 1 fully saturated rings. The standard InChI is InChI=1S/C28H35N5O2/c1-32(19-27-25-9-5-6-10-26(25)30-31-27)22-15-17-33(18-16-22)23-13-11-21(12-14-23)29-28(34)20-35-24-7-3-2-4-8-24/h2-4,7-8,11-14,22H,5-6,9-10,15-20H2,1H3,(H,29,34)(H,30,31). The van der Waals surface area contributed by atoms with Crippen LogP contribution < -0.4 is 15.0 Å². The van der Waals surface area contributed by atoms with E-state index in [9.17, 15) is 4.79 Å². The Morgan fingerprint density at radius 1 is 1.09 bits per heavy atom. The van der Waals surface area contributed by atoms with Crippen LogP contribution in [0.25, 0.3) is 0 Å². The number of ether oxygens (including phenoxy) is 1. The van der Waals surface area contributed by atoms with Gasteiger partial charge in [0.15, 0.2) is 6.61 Å². The Morgan fingerprint density at radius 3 is 2.60 bits per heavy atom. The van der Waals surface area contributed by atoms with Crippen LogP contribution in [0, 0.1) is 0 Å². The minimum absolute atomic E-state index is 0.00607. The molecule has 0 radical (unpaired) electrons. The fourth-order valence-electron chi connectivity index (χ4n) is 5.23. The van der Waals surface area contributed by atoms with Crippen molar-refractivity contribution in [1.29, 1.82) is 0 Å². The lowest BCUT2D eigenvalue weighted by Gasteiger charge is -2.37. The van der Waals surface area contributed by atoms with E-state index in [0.29, 0.717) is 11.8 Å². The summed E-state index contributed by atoms with van der Waals surface area (Å²) < 4.78 is 5.52. The predicted molar refractivity (Wildman–Crippen MR) is 139 cm³/mol. The number of nitrogens with zero attached hydrogens (tertiary/aromatic N) is 3. The molecule has 1 aliphatic carbocycles. The van der Waals surface area contributed by atoms with Crippen molar-refractivity contribution in [2.24, 2.45) is 0 Å². The zero-order valence-corrected chi connectivity index (χ0v) is 20.5. The van der Waals surface area contributed by atoms with Crippen LogP contribution in [0.15, 0.2) is 54.6 Å². The van der Waals surface area contributed by atoms with Crippen LogP contribution in [0.2, 0.25) is 0 Å². The minimum atomic E-state index is -0.163. The molecule has 1 aromatic heterocycles. The lowest BCUT2D eigenvalue weighted by molar-refractivity contribution is -0.118. The number of anilines is 2. The number of carbonyl (C=O) groups excluding carboxylic acids is 1. The first-order valence-electron chi connectivity index (χ1n) is 12.7. The molecule has 2 aliphatic rings. The maximum Gasteiger partial charge on any atom is 0.262 e. The van der Waals surface area contributed by atoms with Gasteiger partial charge in [0.25, 0.3) is 5.91 Å².